The molecule has 0 aromatic heterocycles. The minimum Gasteiger partial charge on any atom is -0.377 e. The Morgan fingerprint density at radius 1 is 1.22 bits per heavy atom. The molecule has 1 saturated heterocycles. The Hall–Kier alpha value is 0.0569. The molecule has 2 fully saturated rings. The number of hydrogen-bond donors (Lipinski definition) is 0. The van der Waals surface area contributed by atoms with Crippen LogP contribution in [0.25, 0.3) is 0 Å². The lowest BCUT2D eigenvalue weighted by Crippen LogP contribution is -2.45. The highest BCUT2D eigenvalue weighted by Gasteiger charge is 2.56. The molecule has 2 aliphatic rings. The molecule has 1 aliphatic heterocycles. The first-order valence-electron chi connectivity index (χ1n) is 6.82. The second-order valence-electron chi connectivity index (χ2n) is 5.94. The largest absolute Gasteiger partial charge is 0.500 e. The Bertz CT molecular complexity index is 286. The molecule has 1 heterocycles. The summed E-state index contributed by atoms with van der Waals surface area (Å²) < 4.78 is 22.3. The third kappa shape index (κ3) is 2.65. The fourth-order valence-electron chi connectivity index (χ4n) is 3.37. The summed E-state index contributed by atoms with van der Waals surface area (Å²) in [5, 5.41) is 0. The topological polar surface area (TPSA) is 40.2 Å². The average Bonchev–Trinajstić information content (AvgIpc) is 3.06. The second-order valence-corrected chi connectivity index (χ2v) is 8.94. The molecule has 4 nitrogen and oxygen atoms in total. The van der Waals surface area contributed by atoms with Gasteiger partial charge in [-0.25, -0.2) is 0 Å². The standard InChI is InChI=1S/C13H26O4Si/c1-10(9-18(14-3,15-4)16-5)11-6-7-12-13(2,8-11)17-12/h10-12H,6-9H2,1-5H3. The van der Waals surface area contributed by atoms with E-state index in [0.717, 1.165) is 6.04 Å². The molecule has 106 valence electrons. The molecule has 1 saturated carbocycles. The number of ether oxygens (including phenoxy) is 1. The maximum atomic E-state index is 5.77. The molecular formula is C13H26O4Si. The fourth-order valence-corrected chi connectivity index (χ4v) is 5.49. The van der Waals surface area contributed by atoms with Gasteiger partial charge in [0.25, 0.3) is 0 Å². The number of fused-ring (bicyclic) bond motifs is 1. The number of rotatable bonds is 6. The van der Waals surface area contributed by atoms with E-state index in [4.69, 9.17) is 18.0 Å². The van der Waals surface area contributed by atoms with Crippen LogP contribution in [0, 0.1) is 11.8 Å². The van der Waals surface area contributed by atoms with Crippen LogP contribution in [0.5, 0.6) is 0 Å². The van der Waals surface area contributed by atoms with Crippen LogP contribution in [0.4, 0.5) is 0 Å². The summed E-state index contributed by atoms with van der Waals surface area (Å²) in [6, 6.07) is 0.891. The maximum Gasteiger partial charge on any atom is 0.500 e. The normalized spacial score (nSPS) is 37.2. The predicted octanol–water partition coefficient (Wildman–Crippen LogP) is 2.46. The lowest BCUT2D eigenvalue weighted by Gasteiger charge is -2.33. The molecular weight excluding hydrogens is 248 g/mol. The van der Waals surface area contributed by atoms with Crippen molar-refractivity contribution >= 4 is 8.80 Å². The Morgan fingerprint density at radius 2 is 1.83 bits per heavy atom. The van der Waals surface area contributed by atoms with E-state index in [0.29, 0.717) is 17.9 Å². The van der Waals surface area contributed by atoms with Gasteiger partial charge in [0.1, 0.15) is 0 Å². The second kappa shape index (κ2) is 5.21. The molecule has 0 N–H and O–H groups in total. The molecule has 4 unspecified atom stereocenters. The summed E-state index contributed by atoms with van der Waals surface area (Å²) >= 11 is 0. The van der Waals surface area contributed by atoms with Gasteiger partial charge in [0.2, 0.25) is 0 Å². The van der Waals surface area contributed by atoms with Crippen molar-refractivity contribution in [2.45, 2.75) is 50.9 Å². The third-order valence-electron chi connectivity index (χ3n) is 4.81. The first-order valence-corrected chi connectivity index (χ1v) is 8.75. The van der Waals surface area contributed by atoms with Crippen LogP contribution in [0.2, 0.25) is 6.04 Å². The Morgan fingerprint density at radius 3 is 2.33 bits per heavy atom. The van der Waals surface area contributed by atoms with Crippen molar-refractivity contribution < 1.29 is 18.0 Å². The van der Waals surface area contributed by atoms with E-state index in [2.05, 4.69) is 13.8 Å². The summed E-state index contributed by atoms with van der Waals surface area (Å²) in [5.41, 5.74) is 0.161. The van der Waals surface area contributed by atoms with Crippen LogP contribution in [-0.2, 0) is 18.0 Å². The average molecular weight is 274 g/mol. The molecule has 0 radical (unpaired) electrons. The quantitative estimate of drug-likeness (QED) is 0.551. The lowest BCUT2D eigenvalue weighted by molar-refractivity contribution is 0.111. The molecule has 2 rings (SSSR count). The van der Waals surface area contributed by atoms with E-state index in [1.807, 2.05) is 0 Å². The van der Waals surface area contributed by atoms with Gasteiger partial charge in [0.15, 0.2) is 0 Å². The van der Waals surface area contributed by atoms with Gasteiger partial charge in [-0.15, -0.1) is 0 Å². The van der Waals surface area contributed by atoms with E-state index < -0.39 is 8.80 Å². The van der Waals surface area contributed by atoms with Crippen molar-refractivity contribution in [3.8, 4) is 0 Å². The van der Waals surface area contributed by atoms with Crippen LogP contribution >= 0.6 is 0 Å². The van der Waals surface area contributed by atoms with Gasteiger partial charge in [0.05, 0.1) is 11.7 Å². The van der Waals surface area contributed by atoms with Gasteiger partial charge in [-0.3, -0.25) is 0 Å². The highest BCUT2D eigenvalue weighted by Crippen LogP contribution is 2.51. The van der Waals surface area contributed by atoms with Crippen molar-refractivity contribution in [1.82, 2.24) is 0 Å². The third-order valence-corrected chi connectivity index (χ3v) is 7.82. The van der Waals surface area contributed by atoms with Crippen LogP contribution in [0.15, 0.2) is 0 Å². The zero-order valence-corrected chi connectivity index (χ0v) is 13.2. The smallest absolute Gasteiger partial charge is 0.377 e. The van der Waals surface area contributed by atoms with E-state index >= 15 is 0 Å². The van der Waals surface area contributed by atoms with Gasteiger partial charge < -0.3 is 18.0 Å². The van der Waals surface area contributed by atoms with Crippen LogP contribution in [0.1, 0.15) is 33.1 Å². The first-order chi connectivity index (χ1) is 8.48. The Balaban J connectivity index is 1.92. The maximum absolute atomic E-state index is 5.77. The van der Waals surface area contributed by atoms with Crippen LogP contribution in [-0.4, -0.2) is 41.8 Å². The predicted molar refractivity (Wildman–Crippen MR) is 71.4 cm³/mol. The van der Waals surface area contributed by atoms with Gasteiger partial charge >= 0.3 is 8.80 Å². The van der Waals surface area contributed by atoms with E-state index in [1.165, 1.54) is 19.3 Å². The zero-order chi connectivity index (χ0) is 13.4. The van der Waals surface area contributed by atoms with Crippen LogP contribution < -0.4 is 0 Å². The number of hydrogen-bond acceptors (Lipinski definition) is 4. The molecule has 0 bridgehead atoms. The highest BCUT2D eigenvalue weighted by atomic mass is 28.4. The van der Waals surface area contributed by atoms with Crippen molar-refractivity contribution in [2.75, 3.05) is 21.3 Å². The summed E-state index contributed by atoms with van der Waals surface area (Å²) in [6.07, 6.45) is 4.14. The van der Waals surface area contributed by atoms with Gasteiger partial charge in [-0.05, 0) is 38.0 Å². The molecule has 0 amide bonds. The van der Waals surface area contributed by atoms with Crippen molar-refractivity contribution in [3.63, 3.8) is 0 Å². The minimum absolute atomic E-state index is 0.161. The lowest BCUT2D eigenvalue weighted by atomic mass is 9.77. The van der Waals surface area contributed by atoms with Gasteiger partial charge in [-0.2, -0.15) is 0 Å². The minimum atomic E-state index is -2.44. The van der Waals surface area contributed by atoms with Crippen molar-refractivity contribution in [1.29, 1.82) is 0 Å². The zero-order valence-electron chi connectivity index (χ0n) is 12.2. The highest BCUT2D eigenvalue weighted by molar-refractivity contribution is 6.60. The van der Waals surface area contributed by atoms with E-state index in [1.54, 1.807) is 21.3 Å². The Kier molecular flexibility index (Phi) is 4.19. The summed E-state index contributed by atoms with van der Waals surface area (Å²) in [5.74, 6) is 1.25. The molecule has 0 aromatic carbocycles. The summed E-state index contributed by atoms with van der Waals surface area (Å²) in [7, 11) is 2.63. The molecule has 18 heavy (non-hydrogen) atoms. The van der Waals surface area contributed by atoms with E-state index in [-0.39, 0.29) is 5.60 Å². The van der Waals surface area contributed by atoms with Crippen molar-refractivity contribution in [2.24, 2.45) is 11.8 Å². The fraction of sp³-hybridized carbons (Fsp3) is 1.00. The molecule has 1 aliphatic carbocycles. The summed E-state index contributed by atoms with van der Waals surface area (Å²) in [6.45, 7) is 4.53. The monoisotopic (exact) mass is 274 g/mol. The first kappa shape index (κ1) is 14.5. The van der Waals surface area contributed by atoms with Gasteiger partial charge in [-0.1, -0.05) is 6.92 Å². The van der Waals surface area contributed by atoms with Crippen molar-refractivity contribution in [3.05, 3.63) is 0 Å². The molecule has 0 spiro atoms. The molecule has 0 aromatic rings. The molecule has 4 atom stereocenters. The summed E-state index contributed by atoms with van der Waals surface area (Å²) in [4.78, 5) is 0. The molecule has 5 heteroatoms. The SMILES string of the molecule is CO[Si](CC(C)C1CCC2OC2(C)C1)(OC)OC. The Labute approximate surface area is 111 Å². The number of epoxide rings is 1. The van der Waals surface area contributed by atoms with Crippen LogP contribution in [0.3, 0.4) is 0 Å². The van der Waals surface area contributed by atoms with Gasteiger partial charge in [0, 0.05) is 27.4 Å². The van der Waals surface area contributed by atoms with E-state index in [9.17, 15) is 0 Å².